The van der Waals surface area contributed by atoms with Gasteiger partial charge < -0.3 is 4.74 Å². The van der Waals surface area contributed by atoms with Crippen LogP contribution in [0, 0.1) is 0 Å². The van der Waals surface area contributed by atoms with Gasteiger partial charge in [-0.3, -0.25) is 9.35 Å². The molecule has 0 amide bonds. The zero-order valence-electron chi connectivity index (χ0n) is 11.4. The van der Waals surface area contributed by atoms with Gasteiger partial charge in [-0.25, -0.2) is 0 Å². The summed E-state index contributed by atoms with van der Waals surface area (Å²) < 4.78 is 34.0. The van der Waals surface area contributed by atoms with Crippen molar-refractivity contribution >= 4 is 34.9 Å². The van der Waals surface area contributed by atoms with Crippen molar-refractivity contribution in [2.75, 3.05) is 12.4 Å². The molecule has 5 nitrogen and oxygen atoms in total. The van der Waals surface area contributed by atoms with Crippen molar-refractivity contribution in [3.05, 3.63) is 0 Å². The zero-order valence-corrected chi connectivity index (χ0v) is 12.2. The van der Waals surface area contributed by atoms with Crippen LogP contribution in [-0.4, -0.2) is 50.2 Å². The van der Waals surface area contributed by atoms with Crippen LogP contribution >= 0.6 is 0 Å². The van der Waals surface area contributed by atoms with E-state index < -0.39 is 10.1 Å². The molecule has 0 atom stereocenters. The normalized spacial score (nSPS) is 10.8. The largest absolute Gasteiger partial charge is 0.466 e. The van der Waals surface area contributed by atoms with E-state index in [0.29, 0.717) is 6.42 Å². The van der Waals surface area contributed by atoms with Gasteiger partial charge in [0.25, 0.3) is 10.1 Å². The van der Waals surface area contributed by atoms with Crippen LogP contribution in [0.3, 0.4) is 0 Å². The smallest absolute Gasteiger partial charge is 0.305 e. The molecule has 103 valence electrons. The predicted molar refractivity (Wildman–Crippen MR) is 71.1 cm³/mol. The number of hydrogen-bond donors (Lipinski definition) is 1. The van der Waals surface area contributed by atoms with Crippen LogP contribution in [0.15, 0.2) is 0 Å². The summed E-state index contributed by atoms with van der Waals surface area (Å²) in [7, 11) is -3.94. The maximum absolute atomic E-state index is 11.2. The van der Waals surface area contributed by atoms with E-state index in [0.717, 1.165) is 19.3 Å². The van der Waals surface area contributed by atoms with Gasteiger partial charge in [0, 0.05) is 25.3 Å². The first-order valence-electron chi connectivity index (χ1n) is 6.06. The van der Waals surface area contributed by atoms with Crippen molar-refractivity contribution in [3.63, 3.8) is 0 Å². The second kappa shape index (κ2) is 12.0. The Labute approximate surface area is 122 Å². The van der Waals surface area contributed by atoms with Crippen LogP contribution in [0.2, 0.25) is 0 Å². The number of esters is 1. The predicted octanol–water partition coefficient (Wildman–Crippen LogP) is 1.79. The standard InChI is InChI=1S/C11H22O5S.Li/c1-2-3-4-5-6-8-11(12)16-9-7-10-17(13,14)15;/h2-10H2,1H3,(H,13,14,15);. The van der Waals surface area contributed by atoms with E-state index in [1.165, 1.54) is 12.8 Å². The number of ether oxygens (including phenoxy) is 1. The van der Waals surface area contributed by atoms with Gasteiger partial charge in [0.15, 0.2) is 0 Å². The van der Waals surface area contributed by atoms with E-state index in [1.54, 1.807) is 0 Å². The van der Waals surface area contributed by atoms with Crippen molar-refractivity contribution in [1.82, 2.24) is 0 Å². The molecule has 0 rings (SSSR count). The number of unbranched alkanes of at least 4 members (excludes halogenated alkanes) is 4. The Kier molecular flexibility index (Phi) is 13.6. The number of rotatable bonds is 10. The molecule has 0 aliphatic rings. The summed E-state index contributed by atoms with van der Waals surface area (Å²) in [6.07, 6.45) is 5.84. The quantitative estimate of drug-likeness (QED) is 0.284. The first-order chi connectivity index (χ1) is 7.95. The molecule has 0 saturated carbocycles. The minimum absolute atomic E-state index is 0. The van der Waals surface area contributed by atoms with Crippen molar-refractivity contribution in [2.45, 2.75) is 51.9 Å². The molecular formula is C11H22LiO5S. The Morgan fingerprint density at radius 1 is 1.11 bits per heavy atom. The second-order valence-electron chi connectivity index (χ2n) is 4.02. The Morgan fingerprint density at radius 2 is 1.72 bits per heavy atom. The molecule has 1 N–H and O–H groups in total. The van der Waals surface area contributed by atoms with Crippen LogP contribution in [0.1, 0.15) is 51.9 Å². The van der Waals surface area contributed by atoms with Crippen molar-refractivity contribution in [1.29, 1.82) is 0 Å². The molecule has 1 radical (unpaired) electrons. The molecule has 18 heavy (non-hydrogen) atoms. The maximum atomic E-state index is 11.2. The van der Waals surface area contributed by atoms with Gasteiger partial charge in [0.1, 0.15) is 0 Å². The SMILES string of the molecule is CCCCCCCC(=O)OCCCS(=O)(=O)O.[Li]. The van der Waals surface area contributed by atoms with Crippen LogP contribution in [0.25, 0.3) is 0 Å². The fourth-order valence-electron chi connectivity index (χ4n) is 1.37. The van der Waals surface area contributed by atoms with Crippen molar-refractivity contribution < 1.29 is 22.5 Å². The van der Waals surface area contributed by atoms with Gasteiger partial charge >= 0.3 is 5.97 Å². The van der Waals surface area contributed by atoms with E-state index in [-0.39, 0.29) is 43.6 Å². The van der Waals surface area contributed by atoms with Gasteiger partial charge in [-0.2, -0.15) is 8.42 Å². The minimum Gasteiger partial charge on any atom is -0.466 e. The first kappa shape index (κ1) is 20.3. The molecule has 0 aromatic rings. The van der Waals surface area contributed by atoms with Crippen LogP contribution in [0.4, 0.5) is 0 Å². The summed E-state index contributed by atoms with van der Waals surface area (Å²) in [6.45, 7) is 2.18. The van der Waals surface area contributed by atoms with E-state index in [2.05, 4.69) is 6.92 Å². The summed E-state index contributed by atoms with van der Waals surface area (Å²) in [5, 5.41) is 0. The number of carbonyl (C=O) groups is 1. The summed E-state index contributed by atoms with van der Waals surface area (Å²) >= 11 is 0. The number of hydrogen-bond acceptors (Lipinski definition) is 4. The Morgan fingerprint density at radius 3 is 2.28 bits per heavy atom. The molecular weight excluding hydrogens is 251 g/mol. The van der Waals surface area contributed by atoms with Gasteiger partial charge in [0.2, 0.25) is 0 Å². The third kappa shape index (κ3) is 16.0. The minimum atomic E-state index is -3.94. The molecule has 0 aromatic carbocycles. The fraction of sp³-hybridized carbons (Fsp3) is 0.909. The van der Waals surface area contributed by atoms with Gasteiger partial charge in [-0.05, 0) is 12.8 Å². The second-order valence-corrected chi connectivity index (χ2v) is 5.60. The summed E-state index contributed by atoms with van der Waals surface area (Å²) in [5.74, 6) is -0.659. The summed E-state index contributed by atoms with van der Waals surface area (Å²) in [6, 6.07) is 0. The Hall–Kier alpha value is -0.0226. The monoisotopic (exact) mass is 273 g/mol. The van der Waals surface area contributed by atoms with Gasteiger partial charge in [-0.15, -0.1) is 0 Å². The molecule has 0 bridgehead atoms. The maximum Gasteiger partial charge on any atom is 0.305 e. The molecule has 7 heteroatoms. The van der Waals surface area contributed by atoms with Crippen molar-refractivity contribution in [2.24, 2.45) is 0 Å². The summed E-state index contributed by atoms with van der Waals surface area (Å²) in [5.41, 5.74) is 0. The van der Waals surface area contributed by atoms with Crippen LogP contribution in [-0.2, 0) is 19.6 Å². The third-order valence-electron chi connectivity index (χ3n) is 2.29. The molecule has 0 heterocycles. The fourth-order valence-corrected chi connectivity index (χ4v) is 1.86. The average Bonchev–Trinajstić information content (AvgIpc) is 2.23. The van der Waals surface area contributed by atoms with Crippen molar-refractivity contribution in [3.8, 4) is 0 Å². The van der Waals surface area contributed by atoms with E-state index in [9.17, 15) is 13.2 Å². The average molecular weight is 273 g/mol. The molecule has 0 fully saturated rings. The van der Waals surface area contributed by atoms with Gasteiger partial charge in [0.05, 0.1) is 12.4 Å². The van der Waals surface area contributed by atoms with E-state index >= 15 is 0 Å². The molecule has 0 aromatic heterocycles. The topological polar surface area (TPSA) is 80.7 Å². The molecule has 0 saturated heterocycles. The van der Waals surface area contributed by atoms with Crippen LogP contribution in [0.5, 0.6) is 0 Å². The van der Waals surface area contributed by atoms with Crippen LogP contribution < -0.4 is 0 Å². The molecule has 0 unspecified atom stereocenters. The van der Waals surface area contributed by atoms with Gasteiger partial charge in [-0.1, -0.05) is 32.6 Å². The molecule has 0 aliphatic carbocycles. The Balaban J connectivity index is 0. The first-order valence-corrected chi connectivity index (χ1v) is 7.67. The molecule has 0 aliphatic heterocycles. The third-order valence-corrected chi connectivity index (χ3v) is 3.10. The zero-order chi connectivity index (χ0) is 13.1. The van der Waals surface area contributed by atoms with E-state index in [1.807, 2.05) is 0 Å². The summed E-state index contributed by atoms with van der Waals surface area (Å²) in [4.78, 5) is 11.2. The van der Waals surface area contributed by atoms with E-state index in [4.69, 9.17) is 9.29 Å². The molecule has 0 spiro atoms. The Bertz CT molecular complexity index is 303. The number of carbonyl (C=O) groups excluding carboxylic acids is 1.